The number of nitrogens with zero attached hydrogens (tertiary/aromatic N) is 2. The quantitative estimate of drug-likeness (QED) is 0.836. The maximum absolute atomic E-state index is 11.8. The van der Waals surface area contributed by atoms with Crippen molar-refractivity contribution in [3.05, 3.63) is 35.9 Å². The molecule has 2 aliphatic heterocycles. The van der Waals surface area contributed by atoms with E-state index in [1.54, 1.807) is 7.05 Å². The SMILES string of the molecule is CN1C(=O)C[C@H]2[C@H](Cc3ccccc3)NC(=O)N21. The van der Waals surface area contributed by atoms with Gasteiger partial charge < -0.3 is 5.32 Å². The van der Waals surface area contributed by atoms with Crippen LogP contribution in [-0.4, -0.2) is 41.1 Å². The summed E-state index contributed by atoms with van der Waals surface area (Å²) in [6, 6.07) is 9.80. The number of hydrogen-bond acceptors (Lipinski definition) is 2. The topological polar surface area (TPSA) is 52.7 Å². The predicted octanol–water partition coefficient (Wildman–Crippen LogP) is 0.769. The average Bonchev–Trinajstić information content (AvgIpc) is 2.81. The predicted molar refractivity (Wildman–Crippen MR) is 65.5 cm³/mol. The number of carbonyl (C=O) groups excluding carboxylic acids is 2. The van der Waals surface area contributed by atoms with Gasteiger partial charge in [-0.15, -0.1) is 0 Å². The van der Waals surface area contributed by atoms with Crippen LogP contribution < -0.4 is 5.32 Å². The molecule has 2 atom stereocenters. The van der Waals surface area contributed by atoms with E-state index >= 15 is 0 Å². The lowest BCUT2D eigenvalue weighted by Gasteiger charge is -2.22. The summed E-state index contributed by atoms with van der Waals surface area (Å²) in [6.45, 7) is 0. The molecule has 94 valence electrons. The van der Waals surface area contributed by atoms with E-state index in [-0.39, 0.29) is 24.0 Å². The average molecular weight is 245 g/mol. The van der Waals surface area contributed by atoms with Gasteiger partial charge in [0.05, 0.1) is 18.5 Å². The first-order valence-corrected chi connectivity index (χ1v) is 6.07. The summed E-state index contributed by atoms with van der Waals surface area (Å²) in [5.41, 5.74) is 1.17. The third kappa shape index (κ3) is 1.63. The largest absolute Gasteiger partial charge is 0.336 e. The zero-order chi connectivity index (χ0) is 12.7. The Morgan fingerprint density at radius 1 is 1.28 bits per heavy atom. The van der Waals surface area contributed by atoms with Gasteiger partial charge in [-0.1, -0.05) is 30.3 Å². The van der Waals surface area contributed by atoms with Crippen molar-refractivity contribution in [2.75, 3.05) is 7.05 Å². The number of nitrogens with one attached hydrogen (secondary N) is 1. The Labute approximate surface area is 105 Å². The van der Waals surface area contributed by atoms with Crippen LogP contribution in [0.5, 0.6) is 0 Å². The zero-order valence-corrected chi connectivity index (χ0v) is 10.2. The molecular weight excluding hydrogens is 230 g/mol. The minimum absolute atomic E-state index is 0.00733. The molecule has 2 aliphatic rings. The van der Waals surface area contributed by atoms with Crippen molar-refractivity contribution in [3.8, 4) is 0 Å². The molecule has 0 spiro atoms. The van der Waals surface area contributed by atoms with E-state index in [0.717, 1.165) is 6.42 Å². The van der Waals surface area contributed by atoms with Crippen LogP contribution in [-0.2, 0) is 11.2 Å². The fourth-order valence-corrected chi connectivity index (χ4v) is 2.72. The van der Waals surface area contributed by atoms with Crippen LogP contribution in [0.1, 0.15) is 12.0 Å². The third-order valence-corrected chi connectivity index (χ3v) is 3.66. The lowest BCUT2D eigenvalue weighted by Crippen LogP contribution is -2.41. The number of amides is 3. The normalized spacial score (nSPS) is 26.5. The molecule has 3 amide bonds. The molecule has 5 heteroatoms. The Morgan fingerprint density at radius 2 is 2.00 bits per heavy atom. The van der Waals surface area contributed by atoms with Crippen LogP contribution in [0.4, 0.5) is 4.79 Å². The maximum Gasteiger partial charge on any atom is 0.336 e. The number of rotatable bonds is 2. The summed E-state index contributed by atoms with van der Waals surface area (Å²) < 4.78 is 0. The van der Waals surface area contributed by atoms with Crippen molar-refractivity contribution in [2.45, 2.75) is 24.9 Å². The Hall–Kier alpha value is -2.04. The molecule has 3 rings (SSSR count). The molecule has 5 nitrogen and oxygen atoms in total. The molecule has 2 heterocycles. The zero-order valence-electron chi connectivity index (χ0n) is 10.2. The number of benzene rings is 1. The van der Waals surface area contributed by atoms with E-state index in [4.69, 9.17) is 0 Å². The highest BCUT2D eigenvalue weighted by Gasteiger charge is 2.48. The first-order chi connectivity index (χ1) is 8.66. The molecule has 2 saturated heterocycles. The summed E-state index contributed by atoms with van der Waals surface area (Å²) in [5, 5.41) is 5.91. The van der Waals surface area contributed by atoms with Crippen LogP contribution in [0, 0.1) is 0 Å². The van der Waals surface area contributed by atoms with Crippen molar-refractivity contribution in [2.24, 2.45) is 0 Å². The summed E-state index contributed by atoms with van der Waals surface area (Å²) in [4.78, 5) is 23.5. The highest BCUT2D eigenvalue weighted by molar-refractivity contribution is 5.87. The second kappa shape index (κ2) is 4.01. The van der Waals surface area contributed by atoms with Gasteiger partial charge in [0.25, 0.3) is 0 Å². The van der Waals surface area contributed by atoms with E-state index in [0.29, 0.717) is 6.42 Å². The van der Waals surface area contributed by atoms with Gasteiger partial charge in [-0.05, 0) is 12.0 Å². The monoisotopic (exact) mass is 245 g/mol. The van der Waals surface area contributed by atoms with Gasteiger partial charge in [-0.3, -0.25) is 9.80 Å². The highest BCUT2D eigenvalue weighted by atomic mass is 16.2. The van der Waals surface area contributed by atoms with Gasteiger partial charge in [-0.25, -0.2) is 9.80 Å². The van der Waals surface area contributed by atoms with E-state index < -0.39 is 0 Å². The molecule has 1 aromatic rings. The first-order valence-electron chi connectivity index (χ1n) is 6.07. The Balaban J connectivity index is 1.79. The number of hydrogen-bond donors (Lipinski definition) is 1. The van der Waals surface area contributed by atoms with Crippen molar-refractivity contribution in [3.63, 3.8) is 0 Å². The molecule has 0 aliphatic carbocycles. The molecule has 1 aromatic carbocycles. The molecule has 18 heavy (non-hydrogen) atoms. The summed E-state index contributed by atoms with van der Waals surface area (Å²) in [7, 11) is 1.65. The lowest BCUT2D eigenvalue weighted by molar-refractivity contribution is -0.132. The summed E-state index contributed by atoms with van der Waals surface area (Å²) in [6.07, 6.45) is 1.17. The molecule has 2 fully saturated rings. The van der Waals surface area contributed by atoms with Crippen LogP contribution in [0.3, 0.4) is 0 Å². The van der Waals surface area contributed by atoms with Crippen LogP contribution in [0.15, 0.2) is 30.3 Å². The van der Waals surface area contributed by atoms with Gasteiger partial charge >= 0.3 is 6.03 Å². The minimum Gasteiger partial charge on any atom is -0.331 e. The van der Waals surface area contributed by atoms with Gasteiger partial charge in [-0.2, -0.15) is 0 Å². The standard InChI is InChI=1S/C13H15N3O2/c1-15-12(17)8-11-10(14-13(18)16(11)15)7-9-5-3-2-4-6-9/h2-6,10-11H,7-8H2,1H3,(H,14,18)/t10-,11-/m0/s1. The summed E-state index contributed by atoms with van der Waals surface area (Å²) >= 11 is 0. The molecule has 1 N–H and O–H groups in total. The Kier molecular flexibility index (Phi) is 2.47. The molecule has 0 unspecified atom stereocenters. The molecular formula is C13H15N3O2. The van der Waals surface area contributed by atoms with Gasteiger partial charge in [0.2, 0.25) is 5.91 Å². The summed E-state index contributed by atoms with van der Waals surface area (Å²) in [5.74, 6) is 0.00733. The van der Waals surface area contributed by atoms with E-state index in [2.05, 4.69) is 5.32 Å². The second-order valence-electron chi connectivity index (χ2n) is 4.78. The van der Waals surface area contributed by atoms with E-state index in [1.165, 1.54) is 15.6 Å². The van der Waals surface area contributed by atoms with E-state index in [9.17, 15) is 9.59 Å². The number of urea groups is 1. The van der Waals surface area contributed by atoms with Crippen LogP contribution in [0.25, 0.3) is 0 Å². The molecule has 0 bridgehead atoms. The molecule has 0 saturated carbocycles. The van der Waals surface area contributed by atoms with Crippen molar-refractivity contribution in [1.29, 1.82) is 0 Å². The third-order valence-electron chi connectivity index (χ3n) is 3.66. The fraction of sp³-hybridized carbons (Fsp3) is 0.385. The van der Waals surface area contributed by atoms with Crippen LogP contribution >= 0.6 is 0 Å². The van der Waals surface area contributed by atoms with Crippen molar-refractivity contribution in [1.82, 2.24) is 15.3 Å². The highest BCUT2D eigenvalue weighted by Crippen LogP contribution is 2.27. The number of hydrazine groups is 1. The Morgan fingerprint density at radius 3 is 2.72 bits per heavy atom. The maximum atomic E-state index is 11.8. The van der Waals surface area contributed by atoms with Crippen LogP contribution in [0.2, 0.25) is 0 Å². The minimum atomic E-state index is -0.172. The van der Waals surface area contributed by atoms with Gasteiger partial charge in [0, 0.05) is 7.05 Å². The number of carbonyl (C=O) groups is 2. The van der Waals surface area contributed by atoms with Gasteiger partial charge in [0.1, 0.15) is 0 Å². The molecule has 0 aromatic heterocycles. The molecule has 0 radical (unpaired) electrons. The second-order valence-corrected chi connectivity index (χ2v) is 4.78. The van der Waals surface area contributed by atoms with Gasteiger partial charge in [0.15, 0.2) is 0 Å². The number of fused-ring (bicyclic) bond motifs is 1. The van der Waals surface area contributed by atoms with E-state index in [1.807, 2.05) is 30.3 Å². The smallest absolute Gasteiger partial charge is 0.331 e. The van der Waals surface area contributed by atoms with Crippen molar-refractivity contribution >= 4 is 11.9 Å². The van der Waals surface area contributed by atoms with Crippen molar-refractivity contribution < 1.29 is 9.59 Å². The fourth-order valence-electron chi connectivity index (χ4n) is 2.72. The first kappa shape index (κ1) is 11.1. The lowest BCUT2D eigenvalue weighted by atomic mass is 9.99. The Bertz CT molecular complexity index is 488.